The van der Waals surface area contributed by atoms with Gasteiger partial charge in [-0.1, -0.05) is 23.4 Å². The summed E-state index contributed by atoms with van der Waals surface area (Å²) in [6.07, 6.45) is 2.69. The highest BCUT2D eigenvalue weighted by atomic mass is 32.2. The molecule has 26 heavy (non-hydrogen) atoms. The van der Waals surface area contributed by atoms with Gasteiger partial charge in [-0.25, -0.2) is 23.0 Å². The Balaban J connectivity index is 1.82. The molecule has 0 radical (unpaired) electrons. The fourth-order valence-corrected chi connectivity index (χ4v) is 3.32. The lowest BCUT2D eigenvalue weighted by atomic mass is 10.2. The van der Waals surface area contributed by atoms with Crippen LogP contribution in [0.1, 0.15) is 11.3 Å². The van der Waals surface area contributed by atoms with Crippen LogP contribution in [0, 0.1) is 6.92 Å². The van der Waals surface area contributed by atoms with E-state index >= 15 is 0 Å². The fraction of sp³-hybridized carbons (Fsp3) is 0.176. The van der Waals surface area contributed by atoms with Crippen LogP contribution in [0.5, 0.6) is 0 Å². The molecule has 0 unspecified atom stereocenters. The summed E-state index contributed by atoms with van der Waals surface area (Å²) >= 11 is 0. The number of aryl methyl sites for hydroxylation is 1. The van der Waals surface area contributed by atoms with Crippen molar-refractivity contribution in [3.8, 4) is 11.5 Å². The second-order valence-electron chi connectivity index (χ2n) is 5.99. The smallest absolute Gasteiger partial charge is 0.192 e. The zero-order chi connectivity index (χ0) is 18.3. The molecule has 0 atom stereocenters. The molecule has 0 saturated heterocycles. The summed E-state index contributed by atoms with van der Waals surface area (Å²) in [5.74, 6) is 0.636. The molecule has 4 aromatic rings. The second kappa shape index (κ2) is 6.03. The van der Waals surface area contributed by atoms with Crippen LogP contribution in [-0.2, 0) is 16.4 Å². The van der Waals surface area contributed by atoms with Gasteiger partial charge >= 0.3 is 0 Å². The molecular formula is C17H15N5O3S. The topological polar surface area (TPSA) is 104 Å². The molecule has 132 valence electrons. The van der Waals surface area contributed by atoms with E-state index in [1.165, 1.54) is 6.07 Å². The third-order valence-electron chi connectivity index (χ3n) is 4.04. The van der Waals surface area contributed by atoms with Crippen LogP contribution in [0.3, 0.4) is 0 Å². The van der Waals surface area contributed by atoms with Crippen molar-refractivity contribution in [2.75, 3.05) is 6.26 Å². The molecular weight excluding hydrogens is 354 g/mol. The molecule has 0 saturated carbocycles. The van der Waals surface area contributed by atoms with Crippen LogP contribution in [0.25, 0.3) is 22.6 Å². The standard InChI is InChI=1S/C17H15N5O3S/c1-11-16(21-25-20-11)17-19-13-5-3-4-6-14(13)22(17)10-12-7-8-15(18-9-12)26(2,23)24/h3-9H,10H2,1-2H3. The number of imidazole rings is 1. The lowest BCUT2D eigenvalue weighted by Gasteiger charge is -2.08. The molecule has 0 spiro atoms. The van der Waals surface area contributed by atoms with Crippen LogP contribution in [-0.4, -0.2) is 39.5 Å². The average molecular weight is 369 g/mol. The van der Waals surface area contributed by atoms with Gasteiger partial charge in [0.1, 0.15) is 5.69 Å². The van der Waals surface area contributed by atoms with Gasteiger partial charge in [-0.3, -0.25) is 0 Å². The van der Waals surface area contributed by atoms with Crippen molar-refractivity contribution in [1.29, 1.82) is 0 Å². The van der Waals surface area contributed by atoms with Crippen LogP contribution in [0.4, 0.5) is 0 Å². The van der Waals surface area contributed by atoms with E-state index in [4.69, 9.17) is 4.63 Å². The van der Waals surface area contributed by atoms with Crippen LogP contribution >= 0.6 is 0 Å². The third-order valence-corrected chi connectivity index (χ3v) is 5.04. The van der Waals surface area contributed by atoms with E-state index in [1.807, 2.05) is 28.8 Å². The molecule has 8 nitrogen and oxygen atoms in total. The molecule has 9 heteroatoms. The van der Waals surface area contributed by atoms with Gasteiger partial charge in [-0.2, -0.15) is 0 Å². The zero-order valence-electron chi connectivity index (χ0n) is 14.1. The number of sulfone groups is 1. The number of fused-ring (bicyclic) bond motifs is 1. The molecule has 4 rings (SSSR count). The van der Waals surface area contributed by atoms with Crippen molar-refractivity contribution in [2.45, 2.75) is 18.5 Å². The fourth-order valence-electron chi connectivity index (χ4n) is 2.76. The molecule has 0 fully saturated rings. The number of hydrogen-bond donors (Lipinski definition) is 0. The Labute approximate surface area is 149 Å². The van der Waals surface area contributed by atoms with E-state index in [2.05, 4.69) is 20.3 Å². The van der Waals surface area contributed by atoms with Crippen molar-refractivity contribution in [1.82, 2.24) is 24.8 Å². The Morgan fingerprint density at radius 3 is 2.58 bits per heavy atom. The van der Waals surface area contributed by atoms with Crippen LogP contribution in [0.15, 0.2) is 52.3 Å². The number of aromatic nitrogens is 5. The number of rotatable bonds is 4. The highest BCUT2D eigenvalue weighted by Crippen LogP contribution is 2.26. The monoisotopic (exact) mass is 369 g/mol. The second-order valence-corrected chi connectivity index (χ2v) is 7.95. The van der Waals surface area contributed by atoms with Crippen molar-refractivity contribution in [3.05, 3.63) is 53.9 Å². The van der Waals surface area contributed by atoms with Gasteiger partial charge in [-0.15, -0.1) is 0 Å². The van der Waals surface area contributed by atoms with Crippen LogP contribution < -0.4 is 0 Å². The Morgan fingerprint density at radius 1 is 1.12 bits per heavy atom. The summed E-state index contributed by atoms with van der Waals surface area (Å²) in [4.78, 5) is 8.71. The molecule has 3 heterocycles. The Kier molecular flexibility index (Phi) is 3.80. The minimum Gasteiger partial charge on any atom is -0.318 e. The van der Waals surface area contributed by atoms with E-state index in [9.17, 15) is 8.42 Å². The van der Waals surface area contributed by atoms with Gasteiger partial charge in [0.05, 0.1) is 17.6 Å². The van der Waals surface area contributed by atoms with Crippen molar-refractivity contribution < 1.29 is 13.0 Å². The van der Waals surface area contributed by atoms with E-state index < -0.39 is 9.84 Å². The Bertz CT molecular complexity index is 1190. The number of hydrogen-bond acceptors (Lipinski definition) is 7. The predicted molar refractivity (Wildman–Crippen MR) is 94.2 cm³/mol. The van der Waals surface area contributed by atoms with Gasteiger partial charge < -0.3 is 4.57 Å². The first-order chi connectivity index (χ1) is 12.4. The largest absolute Gasteiger partial charge is 0.318 e. The first-order valence-corrected chi connectivity index (χ1v) is 9.72. The minimum absolute atomic E-state index is 0.0495. The van der Waals surface area contributed by atoms with Gasteiger partial charge in [0, 0.05) is 12.5 Å². The highest BCUT2D eigenvalue weighted by molar-refractivity contribution is 7.90. The number of pyridine rings is 1. The third kappa shape index (κ3) is 2.86. The van der Waals surface area contributed by atoms with Crippen molar-refractivity contribution in [2.24, 2.45) is 0 Å². The lowest BCUT2D eigenvalue weighted by molar-refractivity contribution is 0.305. The summed E-state index contributed by atoms with van der Waals surface area (Å²) in [6.45, 7) is 2.26. The molecule has 1 aromatic carbocycles. The quantitative estimate of drug-likeness (QED) is 0.543. The number of benzene rings is 1. The number of nitrogens with zero attached hydrogens (tertiary/aromatic N) is 5. The normalized spacial score (nSPS) is 11.9. The Morgan fingerprint density at radius 2 is 1.92 bits per heavy atom. The van der Waals surface area contributed by atoms with Crippen molar-refractivity contribution >= 4 is 20.9 Å². The molecule has 0 aliphatic rings. The SMILES string of the molecule is Cc1nonc1-c1nc2ccccc2n1Cc1ccc(S(C)(=O)=O)nc1. The summed E-state index contributed by atoms with van der Waals surface area (Å²) in [7, 11) is -3.33. The molecule has 0 aliphatic carbocycles. The maximum atomic E-state index is 11.6. The van der Waals surface area contributed by atoms with E-state index in [1.54, 1.807) is 19.2 Å². The summed E-state index contributed by atoms with van der Waals surface area (Å²) < 4.78 is 30.0. The highest BCUT2D eigenvalue weighted by Gasteiger charge is 2.18. The molecule has 0 bridgehead atoms. The van der Waals surface area contributed by atoms with Gasteiger partial charge in [-0.05, 0) is 35.8 Å². The molecule has 0 aliphatic heterocycles. The van der Waals surface area contributed by atoms with E-state index in [0.717, 1.165) is 22.9 Å². The predicted octanol–water partition coefficient (Wildman–Crippen LogP) is 2.24. The van der Waals surface area contributed by atoms with Crippen LogP contribution in [0.2, 0.25) is 0 Å². The summed E-state index contributed by atoms with van der Waals surface area (Å²) in [6, 6.07) is 11.0. The maximum absolute atomic E-state index is 11.6. The van der Waals surface area contributed by atoms with E-state index in [-0.39, 0.29) is 5.03 Å². The van der Waals surface area contributed by atoms with Gasteiger partial charge in [0.15, 0.2) is 26.4 Å². The first-order valence-electron chi connectivity index (χ1n) is 7.83. The molecule has 3 aromatic heterocycles. The molecule has 0 amide bonds. The Hall–Kier alpha value is -3.07. The number of para-hydroxylation sites is 2. The van der Waals surface area contributed by atoms with Crippen molar-refractivity contribution in [3.63, 3.8) is 0 Å². The minimum atomic E-state index is -3.33. The van der Waals surface area contributed by atoms with Gasteiger partial charge in [0.25, 0.3) is 0 Å². The van der Waals surface area contributed by atoms with Gasteiger partial charge in [0.2, 0.25) is 0 Å². The maximum Gasteiger partial charge on any atom is 0.192 e. The summed E-state index contributed by atoms with van der Waals surface area (Å²) in [5, 5.41) is 7.85. The average Bonchev–Trinajstić information content (AvgIpc) is 3.18. The summed E-state index contributed by atoms with van der Waals surface area (Å²) in [5.41, 5.74) is 3.81. The first kappa shape index (κ1) is 16.4. The van der Waals surface area contributed by atoms with E-state index in [0.29, 0.717) is 23.8 Å². The zero-order valence-corrected chi connectivity index (χ0v) is 14.9. The molecule has 0 N–H and O–H groups in total. The lowest BCUT2D eigenvalue weighted by Crippen LogP contribution is -2.05.